The van der Waals surface area contributed by atoms with Crippen molar-refractivity contribution in [1.82, 2.24) is 0 Å². The highest BCUT2D eigenvalue weighted by molar-refractivity contribution is 5.89. The van der Waals surface area contributed by atoms with Crippen molar-refractivity contribution in [3.05, 3.63) is 12.2 Å². The van der Waals surface area contributed by atoms with Gasteiger partial charge in [0.15, 0.2) is 6.10 Å². The molecule has 7 heteroatoms. The third-order valence-corrected chi connectivity index (χ3v) is 2.80. The topological polar surface area (TPSA) is 66.4 Å². The lowest BCUT2D eigenvalue weighted by Gasteiger charge is -2.19. The maximum absolute atomic E-state index is 12.7. The van der Waals surface area contributed by atoms with Crippen LogP contribution in [0.3, 0.4) is 0 Å². The van der Waals surface area contributed by atoms with Gasteiger partial charge in [-0.15, -0.1) is 0 Å². The number of halogens is 3. The molecule has 122 valence electrons. The van der Waals surface area contributed by atoms with E-state index in [1.54, 1.807) is 0 Å². The van der Waals surface area contributed by atoms with Crippen LogP contribution in [0.2, 0.25) is 0 Å². The zero-order valence-corrected chi connectivity index (χ0v) is 11.9. The van der Waals surface area contributed by atoms with Gasteiger partial charge in [-0.25, -0.2) is 4.79 Å². The number of carbonyl (C=O) groups is 2. The predicted molar refractivity (Wildman–Crippen MR) is 68.1 cm³/mol. The number of rotatable bonds is 10. The summed E-state index contributed by atoms with van der Waals surface area (Å²) in [5, 5.41) is 10.1. The van der Waals surface area contributed by atoms with Crippen molar-refractivity contribution < 1.29 is 32.6 Å². The fourth-order valence-corrected chi connectivity index (χ4v) is 1.72. The van der Waals surface area contributed by atoms with Crippen LogP contribution in [0.5, 0.6) is 0 Å². The fourth-order valence-electron chi connectivity index (χ4n) is 1.72. The molecule has 4 nitrogen and oxygen atoms in total. The van der Waals surface area contributed by atoms with Gasteiger partial charge in [0, 0.05) is 6.08 Å². The molecule has 0 saturated carbocycles. The number of carboxylic acid groups (broad SMARTS) is 1. The molecule has 0 aromatic rings. The van der Waals surface area contributed by atoms with Crippen LogP contribution in [0.1, 0.15) is 51.9 Å². The average Bonchev–Trinajstić information content (AvgIpc) is 2.37. The molecule has 0 amide bonds. The number of aliphatic carboxylic acids is 1. The monoisotopic (exact) mass is 309 g/mol. The van der Waals surface area contributed by atoms with Crippen LogP contribution >= 0.6 is 0 Å². The van der Waals surface area contributed by atoms with E-state index in [2.05, 4.69) is 4.74 Å². The molecule has 0 N–H and O–H groups in total. The van der Waals surface area contributed by atoms with Crippen molar-refractivity contribution >= 4 is 11.9 Å². The van der Waals surface area contributed by atoms with Crippen molar-refractivity contribution in [3.8, 4) is 0 Å². The van der Waals surface area contributed by atoms with Gasteiger partial charge in [-0.3, -0.25) is 0 Å². The maximum Gasteiger partial charge on any atom is 0.425 e. The molecule has 0 aliphatic carbocycles. The van der Waals surface area contributed by atoms with Crippen LogP contribution in [0.15, 0.2) is 12.2 Å². The summed E-state index contributed by atoms with van der Waals surface area (Å²) in [5.74, 6) is -3.01. The van der Waals surface area contributed by atoms with E-state index in [-0.39, 0.29) is 6.42 Å². The lowest BCUT2D eigenvalue weighted by atomic mass is 10.1. The van der Waals surface area contributed by atoms with Crippen LogP contribution in [0.4, 0.5) is 13.2 Å². The standard InChI is InChI=1S/C14H21F3O4/c1-2-3-4-5-6-7-8-11(14(15,16)17)21-13(20)10-9-12(18)19/h9-11H,2-8H2,1H3,(H,18,19)/p-1. The summed E-state index contributed by atoms with van der Waals surface area (Å²) in [6.07, 6.45) is -1.59. The summed E-state index contributed by atoms with van der Waals surface area (Å²) in [6.45, 7) is 2.04. The summed E-state index contributed by atoms with van der Waals surface area (Å²) >= 11 is 0. The Morgan fingerprint density at radius 1 is 1.10 bits per heavy atom. The molecule has 0 aromatic heterocycles. The minimum absolute atomic E-state index is 0.297. The Hall–Kier alpha value is -1.53. The molecule has 21 heavy (non-hydrogen) atoms. The number of unbranched alkanes of at least 4 members (excludes halogenated alkanes) is 5. The molecular formula is C14H20F3O4-. The molecule has 0 fully saturated rings. The molecule has 0 aliphatic heterocycles. The average molecular weight is 309 g/mol. The second-order valence-electron chi connectivity index (χ2n) is 4.68. The Bertz CT molecular complexity index is 351. The van der Waals surface area contributed by atoms with Crippen molar-refractivity contribution in [2.45, 2.75) is 64.1 Å². The first-order chi connectivity index (χ1) is 9.77. The van der Waals surface area contributed by atoms with E-state index in [0.29, 0.717) is 25.0 Å². The molecule has 1 unspecified atom stereocenters. The summed E-state index contributed by atoms with van der Waals surface area (Å²) in [7, 11) is 0. The van der Waals surface area contributed by atoms with Gasteiger partial charge in [-0.1, -0.05) is 39.0 Å². The fraction of sp³-hybridized carbons (Fsp3) is 0.714. The number of carbonyl (C=O) groups excluding carboxylic acids is 2. The lowest BCUT2D eigenvalue weighted by molar-refractivity contribution is -0.297. The van der Waals surface area contributed by atoms with Crippen LogP contribution in [0.25, 0.3) is 0 Å². The Labute approximate surface area is 122 Å². The Kier molecular flexibility index (Phi) is 9.49. The number of hydrogen-bond donors (Lipinski definition) is 0. The molecule has 0 heterocycles. The summed E-state index contributed by atoms with van der Waals surface area (Å²) in [5.41, 5.74) is 0. The van der Waals surface area contributed by atoms with Crippen molar-refractivity contribution in [2.75, 3.05) is 0 Å². The van der Waals surface area contributed by atoms with Crippen LogP contribution in [-0.2, 0) is 14.3 Å². The van der Waals surface area contributed by atoms with Gasteiger partial charge in [0.25, 0.3) is 0 Å². The van der Waals surface area contributed by atoms with Gasteiger partial charge in [0.05, 0.1) is 5.97 Å². The Balaban J connectivity index is 4.22. The molecule has 0 saturated heterocycles. The molecular weight excluding hydrogens is 289 g/mol. The molecule has 0 spiro atoms. The quantitative estimate of drug-likeness (QED) is 0.353. The minimum atomic E-state index is -4.66. The van der Waals surface area contributed by atoms with E-state index in [9.17, 15) is 27.9 Å². The largest absolute Gasteiger partial charge is 0.545 e. The molecule has 0 rings (SSSR count). The number of esters is 1. The summed E-state index contributed by atoms with van der Waals surface area (Å²) in [6, 6.07) is 0. The van der Waals surface area contributed by atoms with Gasteiger partial charge in [0.1, 0.15) is 0 Å². The lowest BCUT2D eigenvalue weighted by Crippen LogP contribution is -2.33. The van der Waals surface area contributed by atoms with E-state index in [1.807, 2.05) is 6.92 Å². The summed E-state index contributed by atoms with van der Waals surface area (Å²) in [4.78, 5) is 21.1. The zero-order chi connectivity index (χ0) is 16.3. The summed E-state index contributed by atoms with van der Waals surface area (Å²) < 4.78 is 42.3. The Morgan fingerprint density at radius 3 is 2.19 bits per heavy atom. The molecule has 1 atom stereocenters. The van der Waals surface area contributed by atoms with Crippen LogP contribution in [-0.4, -0.2) is 24.2 Å². The third kappa shape index (κ3) is 10.9. The number of ether oxygens (including phenoxy) is 1. The second-order valence-corrected chi connectivity index (χ2v) is 4.68. The Morgan fingerprint density at radius 2 is 1.67 bits per heavy atom. The van der Waals surface area contributed by atoms with E-state index in [4.69, 9.17) is 0 Å². The van der Waals surface area contributed by atoms with Crippen molar-refractivity contribution in [2.24, 2.45) is 0 Å². The zero-order valence-electron chi connectivity index (χ0n) is 11.9. The van der Waals surface area contributed by atoms with E-state index >= 15 is 0 Å². The van der Waals surface area contributed by atoms with E-state index < -0.39 is 24.2 Å². The van der Waals surface area contributed by atoms with Gasteiger partial charge >= 0.3 is 12.1 Å². The molecule has 0 radical (unpaired) electrons. The van der Waals surface area contributed by atoms with Crippen molar-refractivity contribution in [1.29, 1.82) is 0 Å². The number of carboxylic acids is 1. The SMILES string of the molecule is CCCCCCCCC(OC(=O)C=CC(=O)[O-])C(F)(F)F. The van der Waals surface area contributed by atoms with Crippen LogP contribution < -0.4 is 5.11 Å². The van der Waals surface area contributed by atoms with Gasteiger partial charge < -0.3 is 14.6 Å². The highest BCUT2D eigenvalue weighted by atomic mass is 19.4. The second kappa shape index (κ2) is 10.2. The first-order valence-electron chi connectivity index (χ1n) is 6.93. The first kappa shape index (κ1) is 19.5. The number of hydrogen-bond acceptors (Lipinski definition) is 4. The van der Waals surface area contributed by atoms with Gasteiger partial charge in [-0.2, -0.15) is 13.2 Å². The van der Waals surface area contributed by atoms with Crippen molar-refractivity contribution in [3.63, 3.8) is 0 Å². The molecule has 0 bridgehead atoms. The predicted octanol–water partition coefficient (Wildman–Crippen LogP) is 2.52. The molecule has 0 aliphatic rings. The molecule has 0 aromatic carbocycles. The number of alkyl halides is 3. The first-order valence-corrected chi connectivity index (χ1v) is 6.93. The normalized spacial score (nSPS) is 13.3. The third-order valence-electron chi connectivity index (χ3n) is 2.80. The highest BCUT2D eigenvalue weighted by Crippen LogP contribution is 2.27. The minimum Gasteiger partial charge on any atom is -0.545 e. The van der Waals surface area contributed by atoms with E-state index in [0.717, 1.165) is 25.7 Å². The van der Waals surface area contributed by atoms with E-state index in [1.165, 1.54) is 0 Å². The van der Waals surface area contributed by atoms with Crippen LogP contribution in [0, 0.1) is 0 Å². The van der Waals surface area contributed by atoms with Gasteiger partial charge in [0.2, 0.25) is 0 Å². The van der Waals surface area contributed by atoms with Gasteiger partial charge in [-0.05, 0) is 18.9 Å². The highest BCUT2D eigenvalue weighted by Gasteiger charge is 2.41. The smallest absolute Gasteiger partial charge is 0.425 e. The maximum atomic E-state index is 12.7.